The van der Waals surface area contributed by atoms with Crippen LogP contribution < -0.4 is 4.74 Å². The summed E-state index contributed by atoms with van der Waals surface area (Å²) in [5.41, 5.74) is -1.14. The first-order valence-electron chi connectivity index (χ1n) is 7.23. The standard InChI is InChI=1S/C15H11F5N2O3S/c16-9-4-5-11(17)12(6-9)26(23,24)22-7-10(8-22)25-14-3-1-2-13(21-14)15(18,19)20/h1-6,10H,7-8H2. The molecule has 0 spiro atoms. The highest BCUT2D eigenvalue weighted by molar-refractivity contribution is 7.89. The van der Waals surface area contributed by atoms with E-state index in [0.717, 1.165) is 22.5 Å². The minimum Gasteiger partial charge on any atom is -0.472 e. The molecule has 0 amide bonds. The molecular weight excluding hydrogens is 383 g/mol. The molecule has 0 radical (unpaired) electrons. The van der Waals surface area contributed by atoms with Crippen molar-refractivity contribution in [3.63, 3.8) is 0 Å². The van der Waals surface area contributed by atoms with Crippen LogP contribution in [-0.4, -0.2) is 36.9 Å². The highest BCUT2D eigenvalue weighted by atomic mass is 32.2. The summed E-state index contributed by atoms with van der Waals surface area (Å²) in [6.45, 7) is -0.452. The van der Waals surface area contributed by atoms with E-state index in [1.54, 1.807) is 0 Å². The van der Waals surface area contributed by atoms with E-state index in [4.69, 9.17) is 4.74 Å². The quantitative estimate of drug-likeness (QED) is 0.749. The van der Waals surface area contributed by atoms with Crippen LogP contribution in [0.2, 0.25) is 0 Å². The van der Waals surface area contributed by atoms with Crippen molar-refractivity contribution in [2.75, 3.05) is 13.1 Å². The average molecular weight is 394 g/mol. The van der Waals surface area contributed by atoms with Gasteiger partial charge < -0.3 is 4.74 Å². The van der Waals surface area contributed by atoms with Gasteiger partial charge in [-0.1, -0.05) is 6.07 Å². The number of hydrogen-bond acceptors (Lipinski definition) is 4. The third-order valence-corrected chi connectivity index (χ3v) is 5.47. The number of ether oxygens (including phenoxy) is 1. The Morgan fingerprint density at radius 1 is 1.12 bits per heavy atom. The van der Waals surface area contributed by atoms with E-state index in [-0.39, 0.29) is 19.0 Å². The van der Waals surface area contributed by atoms with Crippen LogP contribution in [0.4, 0.5) is 22.0 Å². The van der Waals surface area contributed by atoms with Gasteiger partial charge in [-0.25, -0.2) is 22.2 Å². The summed E-state index contributed by atoms with van der Waals surface area (Å²) in [7, 11) is -4.27. The van der Waals surface area contributed by atoms with Gasteiger partial charge in [-0.05, 0) is 24.3 Å². The van der Waals surface area contributed by atoms with Gasteiger partial charge in [0.2, 0.25) is 15.9 Å². The topological polar surface area (TPSA) is 59.5 Å². The summed E-state index contributed by atoms with van der Waals surface area (Å²) in [5, 5.41) is 0. The zero-order valence-electron chi connectivity index (χ0n) is 12.9. The summed E-state index contributed by atoms with van der Waals surface area (Å²) >= 11 is 0. The fourth-order valence-corrected chi connectivity index (χ4v) is 3.87. The van der Waals surface area contributed by atoms with E-state index in [1.807, 2.05) is 0 Å². The predicted molar refractivity (Wildman–Crippen MR) is 78.8 cm³/mol. The molecule has 1 saturated heterocycles. The van der Waals surface area contributed by atoms with Crippen LogP contribution in [0, 0.1) is 11.6 Å². The van der Waals surface area contributed by atoms with Crippen LogP contribution in [0.3, 0.4) is 0 Å². The van der Waals surface area contributed by atoms with Crippen molar-refractivity contribution in [3.8, 4) is 5.88 Å². The molecule has 1 aliphatic heterocycles. The Morgan fingerprint density at radius 2 is 1.81 bits per heavy atom. The summed E-state index contributed by atoms with van der Waals surface area (Å²) in [4.78, 5) is 2.50. The van der Waals surface area contributed by atoms with Gasteiger partial charge >= 0.3 is 6.18 Å². The maximum atomic E-state index is 13.7. The van der Waals surface area contributed by atoms with Gasteiger partial charge in [-0.2, -0.15) is 17.5 Å². The van der Waals surface area contributed by atoms with Crippen LogP contribution in [0.5, 0.6) is 5.88 Å². The van der Waals surface area contributed by atoms with Crippen LogP contribution >= 0.6 is 0 Å². The molecule has 0 saturated carbocycles. The molecule has 2 aromatic rings. The van der Waals surface area contributed by atoms with Crippen molar-refractivity contribution in [2.45, 2.75) is 17.2 Å². The lowest BCUT2D eigenvalue weighted by molar-refractivity contribution is -0.141. The molecular formula is C15H11F5N2O3S. The molecule has 140 valence electrons. The number of rotatable bonds is 4. The van der Waals surface area contributed by atoms with Crippen molar-refractivity contribution in [1.29, 1.82) is 0 Å². The van der Waals surface area contributed by atoms with E-state index in [1.165, 1.54) is 6.07 Å². The second kappa shape index (κ2) is 6.47. The van der Waals surface area contributed by atoms with Crippen molar-refractivity contribution < 1.29 is 35.1 Å². The van der Waals surface area contributed by atoms with Gasteiger partial charge in [0, 0.05) is 6.07 Å². The molecule has 1 fully saturated rings. The Kier molecular flexibility index (Phi) is 4.61. The van der Waals surface area contributed by atoms with Crippen molar-refractivity contribution in [2.24, 2.45) is 0 Å². The van der Waals surface area contributed by atoms with E-state index < -0.39 is 44.5 Å². The SMILES string of the molecule is O=S(=O)(c1cc(F)ccc1F)N1CC(Oc2cccc(C(F)(F)F)n2)C1. The summed E-state index contributed by atoms with van der Waals surface area (Å²) in [6.07, 6.45) is -5.39. The Labute approximate surface area is 145 Å². The molecule has 0 aliphatic carbocycles. The second-order valence-corrected chi connectivity index (χ2v) is 7.40. The third-order valence-electron chi connectivity index (χ3n) is 3.63. The molecule has 0 bridgehead atoms. The number of aromatic nitrogens is 1. The molecule has 11 heteroatoms. The van der Waals surface area contributed by atoms with E-state index in [2.05, 4.69) is 4.98 Å². The number of hydrogen-bond donors (Lipinski definition) is 0. The van der Waals surface area contributed by atoms with Gasteiger partial charge in [0.15, 0.2) is 0 Å². The van der Waals surface area contributed by atoms with Crippen LogP contribution in [0.1, 0.15) is 5.69 Å². The van der Waals surface area contributed by atoms with Crippen LogP contribution in [-0.2, 0) is 16.2 Å². The number of alkyl halides is 3. The minimum atomic E-state index is -4.64. The number of sulfonamides is 1. The highest BCUT2D eigenvalue weighted by Gasteiger charge is 2.40. The highest BCUT2D eigenvalue weighted by Crippen LogP contribution is 2.30. The lowest BCUT2D eigenvalue weighted by Crippen LogP contribution is -2.56. The maximum absolute atomic E-state index is 13.7. The predicted octanol–water partition coefficient (Wildman–Crippen LogP) is 2.83. The first-order chi connectivity index (χ1) is 12.1. The number of halogens is 5. The van der Waals surface area contributed by atoms with Gasteiger partial charge in [-0.3, -0.25) is 0 Å². The van der Waals surface area contributed by atoms with E-state index in [9.17, 15) is 30.4 Å². The lowest BCUT2D eigenvalue weighted by atomic mass is 10.2. The largest absolute Gasteiger partial charge is 0.472 e. The van der Waals surface area contributed by atoms with Crippen LogP contribution in [0.15, 0.2) is 41.3 Å². The number of benzene rings is 1. The fourth-order valence-electron chi connectivity index (χ4n) is 2.29. The molecule has 1 aromatic heterocycles. The molecule has 5 nitrogen and oxygen atoms in total. The van der Waals surface area contributed by atoms with Gasteiger partial charge in [0.25, 0.3) is 0 Å². The Morgan fingerprint density at radius 3 is 2.46 bits per heavy atom. The molecule has 1 aliphatic rings. The van der Waals surface area contributed by atoms with Crippen molar-refractivity contribution in [3.05, 3.63) is 53.7 Å². The normalized spacial score (nSPS) is 16.3. The van der Waals surface area contributed by atoms with Crippen molar-refractivity contribution in [1.82, 2.24) is 9.29 Å². The maximum Gasteiger partial charge on any atom is 0.433 e. The molecule has 0 unspecified atom stereocenters. The molecule has 1 aromatic carbocycles. The minimum absolute atomic E-state index is 0.226. The zero-order chi connectivity index (χ0) is 19.1. The lowest BCUT2D eigenvalue weighted by Gasteiger charge is -2.37. The molecule has 3 rings (SSSR count). The first kappa shape index (κ1) is 18.5. The molecule has 0 N–H and O–H groups in total. The third kappa shape index (κ3) is 3.63. The summed E-state index contributed by atoms with van der Waals surface area (Å²) in [6, 6.07) is 5.14. The molecule has 0 atom stereocenters. The molecule has 26 heavy (non-hydrogen) atoms. The Hall–Kier alpha value is -2.27. The smallest absolute Gasteiger partial charge is 0.433 e. The van der Waals surface area contributed by atoms with E-state index in [0.29, 0.717) is 12.1 Å². The monoisotopic (exact) mass is 394 g/mol. The zero-order valence-corrected chi connectivity index (χ0v) is 13.7. The average Bonchev–Trinajstić information content (AvgIpc) is 2.52. The summed E-state index contributed by atoms with van der Waals surface area (Å²) < 4.78 is 95.3. The molecule has 2 heterocycles. The first-order valence-corrected chi connectivity index (χ1v) is 8.67. The second-order valence-electron chi connectivity index (χ2n) is 5.50. The van der Waals surface area contributed by atoms with Gasteiger partial charge in [0.05, 0.1) is 13.1 Å². The van der Waals surface area contributed by atoms with Crippen molar-refractivity contribution >= 4 is 10.0 Å². The number of nitrogens with zero attached hydrogens (tertiary/aromatic N) is 2. The van der Waals surface area contributed by atoms with Gasteiger partial charge in [0.1, 0.15) is 28.3 Å². The summed E-state index contributed by atoms with van der Waals surface area (Å²) in [5.74, 6) is -2.32. The Balaban J connectivity index is 1.68. The fraction of sp³-hybridized carbons (Fsp3) is 0.267. The van der Waals surface area contributed by atoms with E-state index >= 15 is 0 Å². The Bertz CT molecular complexity index is 927. The van der Waals surface area contributed by atoms with Gasteiger partial charge in [-0.15, -0.1) is 0 Å². The van der Waals surface area contributed by atoms with Crippen LogP contribution in [0.25, 0.3) is 0 Å². The number of pyridine rings is 1.